The summed E-state index contributed by atoms with van der Waals surface area (Å²) >= 11 is 0. The topological polar surface area (TPSA) is 3.24 Å². The minimum Gasteiger partial charge on any atom is -0.306 e. The molecule has 1 nitrogen and oxygen atoms in total. The van der Waals surface area contributed by atoms with Gasteiger partial charge in [-0.3, -0.25) is 0 Å². The van der Waals surface area contributed by atoms with Gasteiger partial charge in [0.25, 0.3) is 0 Å². The molecule has 0 amide bonds. The monoisotopic (exact) mass is 127 g/mol. The zero-order valence-electron chi connectivity index (χ0n) is 6.72. The quantitative estimate of drug-likeness (QED) is 0.477. The van der Waals surface area contributed by atoms with Crippen LogP contribution in [-0.4, -0.2) is 25.0 Å². The molecule has 0 aromatic heterocycles. The number of nitrogens with zero attached hydrogens (tertiary/aromatic N) is 1. The van der Waals surface area contributed by atoms with Crippen molar-refractivity contribution in [2.24, 2.45) is 11.8 Å². The highest BCUT2D eigenvalue weighted by Gasteiger charge is 2.19. The van der Waals surface area contributed by atoms with Gasteiger partial charge in [0.2, 0.25) is 0 Å². The molecule has 1 unspecified atom stereocenters. The number of hydrogen-bond acceptors (Lipinski definition) is 1. The predicted molar refractivity (Wildman–Crippen MR) is 40.4 cm³/mol. The van der Waals surface area contributed by atoms with E-state index >= 15 is 0 Å². The lowest BCUT2D eigenvalue weighted by Crippen LogP contribution is -2.35. The largest absolute Gasteiger partial charge is 0.306 e. The van der Waals surface area contributed by atoms with Crippen molar-refractivity contribution in [2.45, 2.75) is 20.3 Å². The first-order valence-electron chi connectivity index (χ1n) is 3.88. The molecule has 9 heavy (non-hydrogen) atoms. The molecule has 0 aliphatic carbocycles. The van der Waals surface area contributed by atoms with E-state index in [1.54, 1.807) is 0 Å². The summed E-state index contributed by atoms with van der Waals surface area (Å²) in [7, 11) is 2.21. The average Bonchev–Trinajstić information content (AvgIpc) is 1.80. The second kappa shape index (κ2) is 2.70. The van der Waals surface area contributed by atoms with Crippen LogP contribution in [-0.2, 0) is 0 Å². The Morgan fingerprint density at radius 1 is 1.22 bits per heavy atom. The Labute approximate surface area is 58.0 Å². The molecule has 0 aromatic rings. The van der Waals surface area contributed by atoms with Crippen molar-refractivity contribution < 1.29 is 0 Å². The van der Waals surface area contributed by atoms with Crippen LogP contribution in [0, 0.1) is 11.8 Å². The van der Waals surface area contributed by atoms with E-state index in [9.17, 15) is 0 Å². The van der Waals surface area contributed by atoms with Gasteiger partial charge in [-0.1, -0.05) is 13.8 Å². The Morgan fingerprint density at radius 2 is 1.89 bits per heavy atom. The van der Waals surface area contributed by atoms with Gasteiger partial charge in [-0.2, -0.15) is 0 Å². The highest BCUT2D eigenvalue weighted by molar-refractivity contribution is 4.72. The Kier molecular flexibility index (Phi) is 2.12. The molecule has 1 rings (SSSR count). The van der Waals surface area contributed by atoms with Gasteiger partial charge in [-0.15, -0.1) is 0 Å². The third kappa shape index (κ3) is 1.68. The molecule has 1 saturated heterocycles. The smallest absolute Gasteiger partial charge is 0.000652 e. The van der Waals surface area contributed by atoms with Gasteiger partial charge in [-0.05, 0) is 31.8 Å². The van der Waals surface area contributed by atoms with Crippen LogP contribution in [0.5, 0.6) is 0 Å². The number of likely N-dealkylation sites (tertiary alicyclic amines) is 1. The second-order valence-electron chi connectivity index (χ2n) is 3.51. The summed E-state index contributed by atoms with van der Waals surface area (Å²) in [6.07, 6.45) is 1.39. The molecule has 1 aliphatic rings. The van der Waals surface area contributed by atoms with Crippen LogP contribution in [0.2, 0.25) is 0 Å². The molecule has 0 bridgehead atoms. The first-order chi connectivity index (χ1) is 4.20. The second-order valence-corrected chi connectivity index (χ2v) is 3.51. The van der Waals surface area contributed by atoms with Gasteiger partial charge in [0.1, 0.15) is 0 Å². The molecule has 2 atom stereocenters. The van der Waals surface area contributed by atoms with Gasteiger partial charge < -0.3 is 4.90 Å². The number of hydrogen-bond donors (Lipinski definition) is 0. The maximum atomic E-state index is 2.42. The van der Waals surface area contributed by atoms with Crippen LogP contribution in [0.3, 0.4) is 0 Å². The van der Waals surface area contributed by atoms with E-state index in [2.05, 4.69) is 25.8 Å². The molecular formula is C8H17N. The Morgan fingerprint density at radius 3 is 2.33 bits per heavy atom. The van der Waals surface area contributed by atoms with Crippen LogP contribution in [0.4, 0.5) is 0 Å². The third-order valence-electron chi connectivity index (χ3n) is 2.54. The number of rotatable bonds is 0. The molecule has 0 spiro atoms. The summed E-state index contributed by atoms with van der Waals surface area (Å²) in [5, 5.41) is 0. The van der Waals surface area contributed by atoms with Crippen molar-refractivity contribution in [3.8, 4) is 0 Å². The standard InChI is InChI=1S/C8H17N/c1-7-4-5-9(3)6-8(7)2/h7-8H,4-6H2,1-3H3/t7-,8?/m0/s1. The Balaban J connectivity index is 2.35. The van der Waals surface area contributed by atoms with Crippen LogP contribution in [0.1, 0.15) is 20.3 Å². The Hall–Kier alpha value is -0.0400. The fourth-order valence-electron chi connectivity index (χ4n) is 1.47. The Bertz CT molecular complexity index is 90.6. The van der Waals surface area contributed by atoms with Crippen molar-refractivity contribution in [3.05, 3.63) is 0 Å². The van der Waals surface area contributed by atoms with Crippen molar-refractivity contribution in [3.63, 3.8) is 0 Å². The lowest BCUT2D eigenvalue weighted by Gasteiger charge is -2.32. The minimum atomic E-state index is 0.906. The fourth-order valence-corrected chi connectivity index (χ4v) is 1.47. The van der Waals surface area contributed by atoms with E-state index in [1.165, 1.54) is 19.5 Å². The zero-order chi connectivity index (χ0) is 6.85. The normalized spacial score (nSPS) is 39.0. The number of piperidine rings is 1. The summed E-state index contributed by atoms with van der Waals surface area (Å²) in [5.41, 5.74) is 0. The molecule has 1 heteroatoms. The lowest BCUT2D eigenvalue weighted by molar-refractivity contribution is 0.166. The van der Waals surface area contributed by atoms with Crippen LogP contribution in [0.15, 0.2) is 0 Å². The summed E-state index contributed by atoms with van der Waals surface area (Å²) in [6.45, 7) is 7.30. The lowest BCUT2D eigenvalue weighted by atomic mass is 9.89. The van der Waals surface area contributed by atoms with Gasteiger partial charge in [0.05, 0.1) is 0 Å². The van der Waals surface area contributed by atoms with E-state index in [0.29, 0.717) is 0 Å². The van der Waals surface area contributed by atoms with E-state index in [-0.39, 0.29) is 0 Å². The van der Waals surface area contributed by atoms with Crippen LogP contribution in [0.25, 0.3) is 0 Å². The highest BCUT2D eigenvalue weighted by atomic mass is 15.1. The molecule has 0 saturated carbocycles. The summed E-state index contributed by atoms with van der Waals surface area (Å²) < 4.78 is 0. The van der Waals surface area contributed by atoms with E-state index in [0.717, 1.165) is 11.8 Å². The minimum absolute atomic E-state index is 0.906. The molecule has 0 N–H and O–H groups in total. The van der Waals surface area contributed by atoms with E-state index < -0.39 is 0 Å². The average molecular weight is 127 g/mol. The van der Waals surface area contributed by atoms with Crippen molar-refractivity contribution >= 4 is 0 Å². The first-order valence-corrected chi connectivity index (χ1v) is 3.88. The molecule has 1 aliphatic heterocycles. The van der Waals surface area contributed by atoms with Gasteiger partial charge in [0.15, 0.2) is 0 Å². The molecule has 1 heterocycles. The van der Waals surface area contributed by atoms with Crippen LogP contribution >= 0.6 is 0 Å². The van der Waals surface area contributed by atoms with E-state index in [4.69, 9.17) is 0 Å². The predicted octanol–water partition coefficient (Wildman–Crippen LogP) is 1.59. The fraction of sp³-hybridized carbons (Fsp3) is 1.00. The van der Waals surface area contributed by atoms with Crippen molar-refractivity contribution in [1.82, 2.24) is 4.90 Å². The van der Waals surface area contributed by atoms with Crippen molar-refractivity contribution in [2.75, 3.05) is 20.1 Å². The maximum Gasteiger partial charge on any atom is 0.000652 e. The van der Waals surface area contributed by atoms with E-state index in [1.807, 2.05) is 0 Å². The van der Waals surface area contributed by atoms with Crippen LogP contribution < -0.4 is 0 Å². The van der Waals surface area contributed by atoms with Gasteiger partial charge in [0, 0.05) is 6.54 Å². The third-order valence-corrected chi connectivity index (χ3v) is 2.54. The zero-order valence-corrected chi connectivity index (χ0v) is 6.72. The summed E-state index contributed by atoms with van der Waals surface area (Å²) in [4.78, 5) is 2.42. The molecule has 0 radical (unpaired) electrons. The summed E-state index contributed by atoms with van der Waals surface area (Å²) in [5.74, 6) is 1.85. The van der Waals surface area contributed by atoms with Gasteiger partial charge >= 0.3 is 0 Å². The molecule has 54 valence electrons. The molecular weight excluding hydrogens is 110 g/mol. The first kappa shape index (κ1) is 7.07. The summed E-state index contributed by atoms with van der Waals surface area (Å²) in [6, 6.07) is 0. The van der Waals surface area contributed by atoms with Gasteiger partial charge in [-0.25, -0.2) is 0 Å². The van der Waals surface area contributed by atoms with Crippen molar-refractivity contribution in [1.29, 1.82) is 0 Å². The molecule has 1 fully saturated rings. The molecule has 0 aromatic carbocycles. The maximum absolute atomic E-state index is 2.42. The SMILES string of the molecule is CC1CN(C)CC[C@@H]1C. The highest BCUT2D eigenvalue weighted by Crippen LogP contribution is 2.20.